The van der Waals surface area contributed by atoms with E-state index in [-0.39, 0.29) is 36.6 Å². The van der Waals surface area contributed by atoms with Crippen molar-refractivity contribution in [1.29, 1.82) is 0 Å². The molecule has 6 heterocycles. The van der Waals surface area contributed by atoms with Crippen LogP contribution in [0.25, 0.3) is 0 Å². The molecule has 0 aromatic heterocycles. The molecule has 0 amide bonds. The maximum absolute atomic E-state index is 14.1. The van der Waals surface area contributed by atoms with E-state index in [4.69, 9.17) is 18.9 Å². The molecule has 1 N–H and O–H groups in total. The molecule has 8 nitrogen and oxygen atoms in total. The summed E-state index contributed by atoms with van der Waals surface area (Å²) in [6, 6.07) is -0.0993. The normalized spacial score (nSPS) is 39.8. The van der Waals surface area contributed by atoms with Crippen LogP contribution in [-0.2, 0) is 16.0 Å². The molecule has 8 heteroatoms. The topological polar surface area (TPSA) is 80.7 Å². The van der Waals surface area contributed by atoms with Gasteiger partial charge in [-0.3, -0.25) is 14.6 Å². The van der Waals surface area contributed by atoms with Crippen LogP contribution in [0, 0.1) is 6.92 Å². The summed E-state index contributed by atoms with van der Waals surface area (Å²) in [6.45, 7) is 11.4. The van der Waals surface area contributed by atoms with Gasteiger partial charge in [-0.25, -0.2) is 0 Å². The zero-order valence-corrected chi connectivity index (χ0v) is 22.4. The van der Waals surface area contributed by atoms with Gasteiger partial charge in [0, 0.05) is 54.4 Å². The molecular weight excluding hydrogens is 484 g/mol. The van der Waals surface area contributed by atoms with Crippen LogP contribution < -0.4 is 14.2 Å². The van der Waals surface area contributed by atoms with Crippen LogP contribution in [0.3, 0.4) is 0 Å². The lowest BCUT2D eigenvalue weighted by Crippen LogP contribution is -2.67. The highest BCUT2D eigenvalue weighted by Crippen LogP contribution is 2.66. The molecule has 1 spiro atoms. The fraction of sp³-hybridized carbons (Fsp3) is 0.567. The second-order valence-corrected chi connectivity index (χ2v) is 12.2. The molecule has 1 aliphatic carbocycles. The van der Waals surface area contributed by atoms with E-state index in [9.17, 15) is 9.90 Å². The van der Waals surface area contributed by atoms with E-state index in [0.717, 1.165) is 51.5 Å². The minimum Gasteiger partial charge on any atom is -0.489 e. The van der Waals surface area contributed by atoms with E-state index >= 15 is 0 Å². The number of carbonyl (C=O) groups excluding carboxylic acids is 1. The maximum atomic E-state index is 14.1. The minimum atomic E-state index is -0.715. The van der Waals surface area contributed by atoms with Gasteiger partial charge in [0.1, 0.15) is 24.6 Å². The van der Waals surface area contributed by atoms with Crippen molar-refractivity contribution >= 4 is 5.78 Å². The SMILES string of the molecule is C=CCOc1c(C)c2c(c3c1CC1C4C5=C(C=C(C)C(OC)C5O)C5(C)C[C@@]6(CN45)C(=O)C[C@@H]3N16)OCO2. The average Bonchev–Trinajstić information content (AvgIpc) is 3.59. The monoisotopic (exact) mass is 518 g/mol. The Balaban J connectivity index is 1.37. The van der Waals surface area contributed by atoms with Crippen LogP contribution in [0.4, 0.5) is 0 Å². The molecule has 3 saturated heterocycles. The van der Waals surface area contributed by atoms with Crippen LogP contribution in [-0.4, -0.2) is 83.1 Å². The van der Waals surface area contributed by atoms with Gasteiger partial charge in [0.05, 0.1) is 11.6 Å². The molecular formula is C30H34N2O6. The summed E-state index contributed by atoms with van der Waals surface area (Å²) < 4.78 is 24.1. The Labute approximate surface area is 222 Å². The highest BCUT2D eigenvalue weighted by atomic mass is 16.7. The first-order chi connectivity index (χ1) is 18.3. The van der Waals surface area contributed by atoms with Gasteiger partial charge in [0.2, 0.25) is 6.79 Å². The fourth-order valence-corrected chi connectivity index (χ4v) is 9.37. The van der Waals surface area contributed by atoms with E-state index in [0.29, 0.717) is 31.8 Å². The molecule has 38 heavy (non-hydrogen) atoms. The first-order valence-electron chi connectivity index (χ1n) is 13.7. The van der Waals surface area contributed by atoms with E-state index in [2.05, 4.69) is 29.4 Å². The molecule has 0 saturated carbocycles. The Kier molecular flexibility index (Phi) is 4.47. The van der Waals surface area contributed by atoms with E-state index < -0.39 is 11.6 Å². The standard InChI is InChI=1S/C30H34N2O6/c1-6-7-36-26-15(3)27-28(38-13-37-27)21-16(26)9-19-23-22-17(8-14(2)25(35-5)24(22)34)29(4)11-30(12-31(23)29)20(33)10-18(21)32(19)30/h6,8,18-19,23-25,34H,1,7,9-13H2,2-5H3/t18-,19?,23?,24?,25?,29?,30+/m0/s1. The number of piperazine rings is 1. The number of rotatable bonds is 4. The van der Waals surface area contributed by atoms with Crippen LogP contribution in [0.5, 0.6) is 17.2 Å². The van der Waals surface area contributed by atoms with Crippen LogP contribution >= 0.6 is 0 Å². The number of Topliss-reactive ketones (excluding diaryl/α,β-unsaturated/α-hetero) is 1. The molecule has 3 fully saturated rings. The molecule has 200 valence electrons. The lowest BCUT2D eigenvalue weighted by Gasteiger charge is -2.54. The maximum Gasteiger partial charge on any atom is 0.231 e. The molecule has 6 aliphatic heterocycles. The van der Waals surface area contributed by atoms with Crippen molar-refractivity contribution in [3.05, 3.63) is 52.1 Å². The highest BCUT2D eigenvalue weighted by Gasteiger charge is 2.74. The summed E-state index contributed by atoms with van der Waals surface area (Å²) in [4.78, 5) is 19.1. The Bertz CT molecular complexity index is 1400. The number of methoxy groups -OCH3 is 1. The summed E-state index contributed by atoms with van der Waals surface area (Å²) >= 11 is 0. The van der Waals surface area contributed by atoms with Crippen LogP contribution in [0.15, 0.2) is 35.5 Å². The lowest BCUT2D eigenvalue weighted by molar-refractivity contribution is -0.128. The van der Waals surface area contributed by atoms with Crippen LogP contribution in [0.2, 0.25) is 0 Å². The average molecular weight is 519 g/mol. The fourth-order valence-electron chi connectivity index (χ4n) is 9.37. The third kappa shape index (κ3) is 2.41. The number of hydrogen-bond acceptors (Lipinski definition) is 8. The van der Waals surface area contributed by atoms with Crippen molar-refractivity contribution in [3.63, 3.8) is 0 Å². The molecule has 5 unspecified atom stereocenters. The van der Waals surface area contributed by atoms with Crippen molar-refractivity contribution in [2.45, 2.75) is 81.4 Å². The van der Waals surface area contributed by atoms with E-state index in [1.165, 1.54) is 5.57 Å². The third-order valence-electron chi connectivity index (χ3n) is 10.6. The summed E-state index contributed by atoms with van der Waals surface area (Å²) in [5.41, 5.74) is 5.51. The van der Waals surface area contributed by atoms with Gasteiger partial charge in [-0.05, 0) is 50.3 Å². The summed E-state index contributed by atoms with van der Waals surface area (Å²) in [6.07, 6.45) is 4.78. The molecule has 1 aromatic carbocycles. The Hall–Kier alpha value is -2.65. The zero-order chi connectivity index (χ0) is 26.3. The predicted molar refractivity (Wildman–Crippen MR) is 139 cm³/mol. The number of benzene rings is 1. The first-order valence-corrected chi connectivity index (χ1v) is 13.7. The van der Waals surface area contributed by atoms with Gasteiger partial charge < -0.3 is 24.1 Å². The summed E-state index contributed by atoms with van der Waals surface area (Å²) in [5, 5.41) is 11.7. The molecule has 2 bridgehead atoms. The number of aliphatic hydroxyl groups excluding tert-OH is 1. The molecule has 0 radical (unpaired) electrons. The van der Waals surface area contributed by atoms with Crippen molar-refractivity contribution in [1.82, 2.24) is 9.80 Å². The Morgan fingerprint density at radius 3 is 2.82 bits per heavy atom. The van der Waals surface area contributed by atoms with Crippen LogP contribution in [0.1, 0.15) is 49.4 Å². The molecule has 7 atom stereocenters. The lowest BCUT2D eigenvalue weighted by atomic mass is 9.72. The second-order valence-electron chi connectivity index (χ2n) is 12.2. The second kappa shape index (κ2) is 7.30. The molecule has 8 rings (SSSR count). The number of ketones is 1. The van der Waals surface area contributed by atoms with Crippen molar-refractivity contribution < 1.29 is 28.8 Å². The smallest absolute Gasteiger partial charge is 0.231 e. The van der Waals surface area contributed by atoms with Gasteiger partial charge in [-0.2, -0.15) is 0 Å². The van der Waals surface area contributed by atoms with E-state index in [1.807, 2.05) is 13.8 Å². The first kappa shape index (κ1) is 23.3. The van der Waals surface area contributed by atoms with Gasteiger partial charge >= 0.3 is 0 Å². The van der Waals surface area contributed by atoms with Gasteiger partial charge in [0.25, 0.3) is 0 Å². The Morgan fingerprint density at radius 2 is 2.05 bits per heavy atom. The summed E-state index contributed by atoms with van der Waals surface area (Å²) in [7, 11) is 1.67. The number of carbonyl (C=O) groups is 1. The number of ether oxygens (including phenoxy) is 4. The van der Waals surface area contributed by atoms with Gasteiger partial charge in [-0.15, -0.1) is 0 Å². The number of fused-ring (bicyclic) bond motifs is 7. The van der Waals surface area contributed by atoms with Crippen molar-refractivity contribution in [2.24, 2.45) is 0 Å². The summed E-state index contributed by atoms with van der Waals surface area (Å²) in [5.74, 6) is 2.62. The minimum absolute atomic E-state index is 0.0119. The van der Waals surface area contributed by atoms with Gasteiger partial charge in [0.15, 0.2) is 17.3 Å². The predicted octanol–water partition coefficient (Wildman–Crippen LogP) is 2.76. The van der Waals surface area contributed by atoms with Crippen molar-refractivity contribution in [2.75, 3.05) is 27.1 Å². The third-order valence-corrected chi connectivity index (χ3v) is 10.6. The number of nitrogens with zero attached hydrogens (tertiary/aromatic N) is 2. The zero-order valence-electron chi connectivity index (χ0n) is 22.4. The number of hydrogen-bond donors (Lipinski definition) is 1. The highest BCUT2D eigenvalue weighted by molar-refractivity contribution is 5.94. The van der Waals surface area contributed by atoms with E-state index in [1.54, 1.807) is 13.2 Å². The molecule has 1 aromatic rings. The number of aliphatic hydroxyl groups is 1. The largest absolute Gasteiger partial charge is 0.489 e. The van der Waals surface area contributed by atoms with Gasteiger partial charge in [-0.1, -0.05) is 18.7 Å². The molecule has 7 aliphatic rings. The Morgan fingerprint density at radius 1 is 1.26 bits per heavy atom. The quantitative estimate of drug-likeness (QED) is 0.610. The van der Waals surface area contributed by atoms with Crippen molar-refractivity contribution in [3.8, 4) is 17.2 Å².